The molecule has 0 aliphatic carbocycles. The third-order valence-corrected chi connectivity index (χ3v) is 2.07. The van der Waals surface area contributed by atoms with E-state index in [9.17, 15) is 8.42 Å². The van der Waals surface area contributed by atoms with Gasteiger partial charge in [-0.15, -0.1) is 0 Å². The highest BCUT2D eigenvalue weighted by atomic mass is 32.2. The van der Waals surface area contributed by atoms with Gasteiger partial charge in [-0.3, -0.25) is 0 Å². The van der Waals surface area contributed by atoms with Crippen molar-refractivity contribution < 1.29 is 13.5 Å². The summed E-state index contributed by atoms with van der Waals surface area (Å²) in [6, 6.07) is 6.74. The molecule has 0 radical (unpaired) electrons. The van der Waals surface area contributed by atoms with Crippen molar-refractivity contribution in [2.75, 3.05) is 0 Å². The summed E-state index contributed by atoms with van der Waals surface area (Å²) in [6.07, 6.45) is 0. The first-order valence-corrected chi connectivity index (χ1v) is 4.41. The quantitative estimate of drug-likeness (QED) is 0.660. The molecule has 0 unspecified atom stereocenters. The molecule has 1 aromatic carbocycles. The summed E-state index contributed by atoms with van der Waals surface area (Å²) in [5.74, 6) is 0. The summed E-state index contributed by atoms with van der Waals surface area (Å²) in [6.45, 7) is 1.73. The second-order valence-corrected chi connectivity index (χ2v) is 3.21. The second kappa shape index (κ2) is 3.51. The van der Waals surface area contributed by atoms with E-state index in [0.717, 1.165) is 5.56 Å². The van der Waals surface area contributed by atoms with Crippen molar-refractivity contribution in [3.8, 4) is 0 Å². The van der Waals surface area contributed by atoms with Crippen LogP contribution < -0.4 is 0 Å². The smallest absolute Gasteiger partial charge is 0.245 e. The molecule has 0 aliphatic heterocycles. The molecule has 0 saturated carbocycles. The molecule has 4 heteroatoms. The van der Waals surface area contributed by atoms with Crippen molar-refractivity contribution >= 4 is 15.3 Å². The molecule has 64 valence electrons. The first-order chi connectivity index (χ1) is 5.63. The molecule has 0 aromatic heterocycles. The Morgan fingerprint density at radius 2 is 1.92 bits per heavy atom. The highest BCUT2D eigenvalue weighted by Crippen LogP contribution is 2.05. The minimum absolute atomic E-state index is 0.353. The van der Waals surface area contributed by atoms with Gasteiger partial charge in [-0.05, 0) is 12.5 Å². The minimum atomic E-state index is -2.55. The molecule has 0 heterocycles. The number of aliphatic hydroxyl groups excluding tert-OH is 1. The summed E-state index contributed by atoms with van der Waals surface area (Å²) in [7, 11) is -2.55. The summed E-state index contributed by atoms with van der Waals surface area (Å²) >= 11 is 0. The van der Waals surface area contributed by atoms with Crippen LogP contribution in [0.15, 0.2) is 24.3 Å². The molecule has 1 N–H and O–H groups in total. The number of aryl methyl sites for hydroxylation is 1. The molecular weight excluding hydrogens is 176 g/mol. The Labute approximate surface area is 71.8 Å². The Balaban J connectivity index is 3.40. The first kappa shape index (κ1) is 8.96. The lowest BCUT2D eigenvalue weighted by molar-refractivity contribution is 0.560. The van der Waals surface area contributed by atoms with Crippen LogP contribution in [0.4, 0.5) is 0 Å². The monoisotopic (exact) mass is 184 g/mol. The Kier molecular flexibility index (Phi) is 2.62. The fraction of sp³-hybridized carbons (Fsp3) is 0.125. The predicted octanol–water partition coefficient (Wildman–Crippen LogP) is 0.910. The van der Waals surface area contributed by atoms with E-state index in [0.29, 0.717) is 5.56 Å². The Hall–Kier alpha value is -1.13. The van der Waals surface area contributed by atoms with Crippen LogP contribution in [0.1, 0.15) is 11.1 Å². The van der Waals surface area contributed by atoms with Gasteiger partial charge in [0, 0.05) is 5.56 Å². The maximum atomic E-state index is 10.4. The van der Waals surface area contributed by atoms with Crippen LogP contribution in [0, 0.1) is 6.92 Å². The molecule has 0 atom stereocenters. The molecule has 0 aliphatic rings. The summed E-state index contributed by atoms with van der Waals surface area (Å²) in [5, 5.41) is 8.48. The number of hydrogen-bond acceptors (Lipinski definition) is 2. The van der Waals surface area contributed by atoms with Gasteiger partial charge in [0.25, 0.3) is 0 Å². The van der Waals surface area contributed by atoms with E-state index in [1.165, 1.54) is 0 Å². The summed E-state index contributed by atoms with van der Waals surface area (Å²) in [5.41, 5.74) is 1.09. The first-order valence-electron chi connectivity index (χ1n) is 3.34. The van der Waals surface area contributed by atoms with E-state index >= 15 is 0 Å². The normalized spacial score (nSPS) is 9.50. The number of benzene rings is 1. The zero-order valence-electron chi connectivity index (χ0n) is 6.48. The lowest BCUT2D eigenvalue weighted by Gasteiger charge is -1.98. The summed E-state index contributed by atoms with van der Waals surface area (Å²) < 4.78 is 20.7. The molecule has 0 bridgehead atoms. The minimum Gasteiger partial charge on any atom is -0.347 e. The van der Waals surface area contributed by atoms with Gasteiger partial charge in [0.15, 0.2) is 0 Å². The summed E-state index contributed by atoms with van der Waals surface area (Å²) in [4.78, 5) is 0. The average Bonchev–Trinajstić information content (AvgIpc) is 2.04. The lowest BCUT2D eigenvalue weighted by Crippen LogP contribution is -2.02. The standard InChI is InChI=1S/C8H8O3S/c1-6-4-2-3-5-7(6)8(9)12(10)11/h2-5,9H,1H3. The van der Waals surface area contributed by atoms with Crippen molar-refractivity contribution in [1.29, 1.82) is 0 Å². The Morgan fingerprint density at radius 1 is 1.33 bits per heavy atom. The van der Waals surface area contributed by atoms with Gasteiger partial charge in [0.1, 0.15) is 0 Å². The number of rotatable bonds is 1. The SMILES string of the molecule is Cc1ccccc1C(O)=S(=O)=O. The van der Waals surface area contributed by atoms with E-state index in [2.05, 4.69) is 0 Å². The second-order valence-electron chi connectivity index (χ2n) is 2.35. The number of aliphatic hydroxyl groups is 1. The molecule has 1 aromatic rings. The fourth-order valence-electron chi connectivity index (χ4n) is 0.903. The van der Waals surface area contributed by atoms with Crippen molar-refractivity contribution in [2.24, 2.45) is 0 Å². The van der Waals surface area contributed by atoms with Gasteiger partial charge in [-0.1, -0.05) is 24.3 Å². The third-order valence-electron chi connectivity index (χ3n) is 1.53. The van der Waals surface area contributed by atoms with Crippen molar-refractivity contribution in [3.05, 3.63) is 35.4 Å². The van der Waals surface area contributed by atoms with Crippen LogP contribution in [0.2, 0.25) is 0 Å². The largest absolute Gasteiger partial charge is 0.347 e. The number of hydrogen-bond donors (Lipinski definition) is 1. The molecule has 1 rings (SSSR count). The fourth-order valence-corrected chi connectivity index (χ4v) is 1.31. The highest BCUT2D eigenvalue weighted by molar-refractivity contribution is 7.73. The molecule has 0 fully saturated rings. The van der Waals surface area contributed by atoms with Gasteiger partial charge in [0.05, 0.1) is 0 Å². The third kappa shape index (κ3) is 1.72. The van der Waals surface area contributed by atoms with Crippen LogP contribution in [-0.4, -0.2) is 18.6 Å². The molecule has 3 nitrogen and oxygen atoms in total. The topological polar surface area (TPSA) is 54.4 Å². The van der Waals surface area contributed by atoms with Gasteiger partial charge < -0.3 is 5.11 Å². The lowest BCUT2D eigenvalue weighted by atomic mass is 10.1. The van der Waals surface area contributed by atoms with E-state index in [1.54, 1.807) is 31.2 Å². The van der Waals surface area contributed by atoms with Crippen LogP contribution in [0.3, 0.4) is 0 Å². The van der Waals surface area contributed by atoms with Crippen molar-refractivity contribution in [2.45, 2.75) is 6.92 Å². The maximum Gasteiger partial charge on any atom is 0.245 e. The van der Waals surface area contributed by atoms with Crippen LogP contribution >= 0.6 is 0 Å². The predicted molar refractivity (Wildman–Crippen MR) is 46.8 cm³/mol. The van der Waals surface area contributed by atoms with E-state index in [-0.39, 0.29) is 0 Å². The van der Waals surface area contributed by atoms with E-state index in [4.69, 9.17) is 5.11 Å². The van der Waals surface area contributed by atoms with Crippen LogP contribution in [0.25, 0.3) is 0 Å². The maximum absolute atomic E-state index is 10.4. The van der Waals surface area contributed by atoms with Gasteiger partial charge in [-0.25, -0.2) is 0 Å². The van der Waals surface area contributed by atoms with Crippen LogP contribution in [0.5, 0.6) is 0 Å². The molecule has 0 spiro atoms. The van der Waals surface area contributed by atoms with E-state index in [1.807, 2.05) is 0 Å². The zero-order valence-corrected chi connectivity index (χ0v) is 7.30. The van der Waals surface area contributed by atoms with Crippen molar-refractivity contribution in [3.63, 3.8) is 0 Å². The molecule has 12 heavy (non-hydrogen) atoms. The highest BCUT2D eigenvalue weighted by Gasteiger charge is 2.03. The van der Waals surface area contributed by atoms with Gasteiger partial charge in [-0.2, -0.15) is 8.42 Å². The molecule has 0 amide bonds. The Morgan fingerprint density at radius 3 is 2.42 bits per heavy atom. The molecular formula is C8H8O3S. The van der Waals surface area contributed by atoms with Gasteiger partial charge >= 0.3 is 0 Å². The molecule has 0 saturated heterocycles. The Bertz CT molecular complexity index is 410. The van der Waals surface area contributed by atoms with Crippen molar-refractivity contribution in [1.82, 2.24) is 0 Å². The average molecular weight is 184 g/mol. The zero-order chi connectivity index (χ0) is 9.14. The van der Waals surface area contributed by atoms with Gasteiger partial charge in [0.2, 0.25) is 15.3 Å². The van der Waals surface area contributed by atoms with Crippen LogP contribution in [-0.2, 0) is 10.3 Å². The van der Waals surface area contributed by atoms with E-state index < -0.39 is 15.3 Å².